The number of benzene rings is 2. The van der Waals surface area contributed by atoms with Crippen molar-refractivity contribution in [2.75, 3.05) is 0 Å². The highest BCUT2D eigenvalue weighted by Crippen LogP contribution is 2.24. The van der Waals surface area contributed by atoms with Crippen molar-refractivity contribution in [3.8, 4) is 11.5 Å². The molecule has 1 amide bonds. The van der Waals surface area contributed by atoms with Gasteiger partial charge in [-0.1, -0.05) is 0 Å². The van der Waals surface area contributed by atoms with Crippen LogP contribution in [0.15, 0.2) is 42.5 Å². The van der Waals surface area contributed by atoms with E-state index in [2.05, 4.69) is 5.32 Å². The number of nitrogens with one attached hydrogen (secondary N) is 1. The Balaban J connectivity index is 1.59. The molecule has 1 fully saturated rings. The normalized spacial score (nSPS) is 20.1. The Labute approximate surface area is 145 Å². The number of carbonyl (C=O) groups excluding carboxylic acids is 1. The fourth-order valence-electron chi connectivity index (χ4n) is 2.88. The highest BCUT2D eigenvalue weighted by atomic mass is 19.2. The van der Waals surface area contributed by atoms with Gasteiger partial charge in [0.1, 0.15) is 11.5 Å². The van der Waals surface area contributed by atoms with Crippen molar-refractivity contribution in [1.82, 2.24) is 5.32 Å². The molecule has 6 heteroatoms. The van der Waals surface area contributed by atoms with E-state index >= 15 is 0 Å². The Hall–Kier alpha value is -2.47. The van der Waals surface area contributed by atoms with Crippen LogP contribution in [0.4, 0.5) is 8.78 Å². The van der Waals surface area contributed by atoms with Gasteiger partial charge in [0.2, 0.25) is 0 Å². The molecule has 132 valence electrons. The number of rotatable bonds is 4. The van der Waals surface area contributed by atoms with Crippen LogP contribution in [-0.2, 0) is 0 Å². The van der Waals surface area contributed by atoms with Gasteiger partial charge in [0, 0.05) is 23.7 Å². The Kier molecular flexibility index (Phi) is 5.28. The minimum absolute atomic E-state index is 0.139. The van der Waals surface area contributed by atoms with Gasteiger partial charge in [-0.2, -0.15) is 0 Å². The molecule has 2 aromatic carbocycles. The topological polar surface area (TPSA) is 64.3 Å². The van der Waals surface area contributed by atoms with Gasteiger partial charge in [-0.15, -0.1) is 0 Å². The molecule has 0 spiro atoms. The third kappa shape index (κ3) is 4.54. The standard InChI is InChI=1S/C19H20F2N2O2/c20-17-10-9-16(11-18(17)21)25-15-7-1-12(2-8-15)19(24)23-14-5-3-13(22)4-6-14/h1-2,7-11,13-14H,3-6,22H2,(H,23,24). The van der Waals surface area contributed by atoms with E-state index in [9.17, 15) is 13.6 Å². The average molecular weight is 346 g/mol. The van der Waals surface area contributed by atoms with E-state index in [4.69, 9.17) is 10.5 Å². The summed E-state index contributed by atoms with van der Waals surface area (Å²) in [4.78, 5) is 12.3. The predicted octanol–water partition coefficient (Wildman–Crippen LogP) is 3.76. The number of hydrogen-bond donors (Lipinski definition) is 2. The first-order valence-corrected chi connectivity index (χ1v) is 8.30. The van der Waals surface area contributed by atoms with Crippen LogP contribution in [-0.4, -0.2) is 18.0 Å². The van der Waals surface area contributed by atoms with E-state index in [1.165, 1.54) is 6.07 Å². The second kappa shape index (κ2) is 7.61. The molecule has 1 aliphatic carbocycles. The molecular weight excluding hydrogens is 326 g/mol. The zero-order chi connectivity index (χ0) is 17.8. The van der Waals surface area contributed by atoms with Crippen LogP contribution >= 0.6 is 0 Å². The summed E-state index contributed by atoms with van der Waals surface area (Å²) in [6.45, 7) is 0. The first kappa shape index (κ1) is 17.4. The lowest BCUT2D eigenvalue weighted by molar-refractivity contribution is 0.0926. The fourth-order valence-corrected chi connectivity index (χ4v) is 2.88. The maximum Gasteiger partial charge on any atom is 0.251 e. The molecule has 2 aromatic rings. The van der Waals surface area contributed by atoms with Crippen molar-refractivity contribution < 1.29 is 18.3 Å². The van der Waals surface area contributed by atoms with Crippen molar-refractivity contribution >= 4 is 5.91 Å². The Morgan fingerprint density at radius 3 is 2.24 bits per heavy atom. The second-order valence-corrected chi connectivity index (χ2v) is 6.29. The van der Waals surface area contributed by atoms with Crippen LogP contribution < -0.4 is 15.8 Å². The summed E-state index contributed by atoms with van der Waals surface area (Å²) in [5.41, 5.74) is 6.39. The summed E-state index contributed by atoms with van der Waals surface area (Å²) in [7, 11) is 0. The van der Waals surface area contributed by atoms with Crippen molar-refractivity contribution in [2.24, 2.45) is 5.73 Å². The van der Waals surface area contributed by atoms with Crippen LogP contribution in [0.3, 0.4) is 0 Å². The molecule has 0 saturated heterocycles. The third-order valence-electron chi connectivity index (χ3n) is 4.35. The summed E-state index contributed by atoms with van der Waals surface area (Å²) >= 11 is 0. The van der Waals surface area contributed by atoms with Crippen molar-refractivity contribution in [2.45, 2.75) is 37.8 Å². The van der Waals surface area contributed by atoms with Crippen LogP contribution in [0.5, 0.6) is 11.5 Å². The first-order chi connectivity index (χ1) is 12.0. The molecule has 3 N–H and O–H groups in total. The largest absolute Gasteiger partial charge is 0.457 e. The lowest BCUT2D eigenvalue weighted by Crippen LogP contribution is -2.40. The Morgan fingerprint density at radius 2 is 1.60 bits per heavy atom. The highest BCUT2D eigenvalue weighted by molar-refractivity contribution is 5.94. The molecule has 0 heterocycles. The lowest BCUT2D eigenvalue weighted by atomic mass is 9.91. The van der Waals surface area contributed by atoms with Crippen molar-refractivity contribution in [3.63, 3.8) is 0 Å². The lowest BCUT2D eigenvalue weighted by Gasteiger charge is -2.26. The van der Waals surface area contributed by atoms with E-state index in [0.717, 1.165) is 37.8 Å². The Bertz CT molecular complexity index is 742. The summed E-state index contributed by atoms with van der Waals surface area (Å²) in [6.07, 6.45) is 3.63. The van der Waals surface area contributed by atoms with E-state index in [1.807, 2.05) is 0 Å². The van der Waals surface area contributed by atoms with Gasteiger partial charge < -0.3 is 15.8 Å². The number of halogens is 2. The molecule has 0 aliphatic heterocycles. The number of carbonyl (C=O) groups is 1. The summed E-state index contributed by atoms with van der Waals surface area (Å²) in [5.74, 6) is -1.41. The molecule has 1 aliphatic rings. The summed E-state index contributed by atoms with van der Waals surface area (Å²) in [5, 5.41) is 3.01. The molecule has 0 atom stereocenters. The van der Waals surface area contributed by atoms with Crippen LogP contribution in [0.2, 0.25) is 0 Å². The molecule has 0 bridgehead atoms. The van der Waals surface area contributed by atoms with Crippen molar-refractivity contribution in [3.05, 3.63) is 59.7 Å². The molecule has 0 unspecified atom stereocenters. The third-order valence-corrected chi connectivity index (χ3v) is 4.35. The maximum absolute atomic E-state index is 13.2. The number of nitrogens with two attached hydrogens (primary N) is 1. The monoisotopic (exact) mass is 346 g/mol. The predicted molar refractivity (Wildman–Crippen MR) is 90.6 cm³/mol. The minimum atomic E-state index is -0.972. The van der Waals surface area contributed by atoms with Crippen LogP contribution in [0.1, 0.15) is 36.0 Å². The number of ether oxygens (including phenoxy) is 1. The van der Waals surface area contributed by atoms with E-state index in [1.54, 1.807) is 24.3 Å². The average Bonchev–Trinajstić information content (AvgIpc) is 2.61. The number of amides is 1. The molecule has 3 rings (SSSR count). The summed E-state index contributed by atoms with van der Waals surface area (Å²) in [6, 6.07) is 10.2. The minimum Gasteiger partial charge on any atom is -0.457 e. The molecule has 25 heavy (non-hydrogen) atoms. The smallest absolute Gasteiger partial charge is 0.251 e. The second-order valence-electron chi connectivity index (χ2n) is 6.29. The maximum atomic E-state index is 13.2. The fraction of sp³-hybridized carbons (Fsp3) is 0.316. The number of hydrogen-bond acceptors (Lipinski definition) is 3. The molecule has 4 nitrogen and oxygen atoms in total. The molecule has 0 aromatic heterocycles. The molecular formula is C19H20F2N2O2. The summed E-state index contributed by atoms with van der Waals surface area (Å²) < 4.78 is 31.6. The molecule has 0 radical (unpaired) electrons. The van der Waals surface area contributed by atoms with Gasteiger partial charge in [-0.05, 0) is 62.1 Å². The molecule has 1 saturated carbocycles. The zero-order valence-electron chi connectivity index (χ0n) is 13.7. The van der Waals surface area contributed by atoms with Gasteiger partial charge in [0.15, 0.2) is 11.6 Å². The van der Waals surface area contributed by atoms with Crippen molar-refractivity contribution in [1.29, 1.82) is 0 Å². The zero-order valence-corrected chi connectivity index (χ0v) is 13.7. The first-order valence-electron chi connectivity index (χ1n) is 8.30. The van der Waals surface area contributed by atoms with Gasteiger partial charge >= 0.3 is 0 Å². The quantitative estimate of drug-likeness (QED) is 0.886. The van der Waals surface area contributed by atoms with Gasteiger partial charge in [-0.3, -0.25) is 4.79 Å². The van der Waals surface area contributed by atoms with Crippen LogP contribution in [0.25, 0.3) is 0 Å². The SMILES string of the molecule is NC1CCC(NC(=O)c2ccc(Oc3ccc(F)c(F)c3)cc2)CC1. The van der Waals surface area contributed by atoms with Crippen LogP contribution in [0, 0.1) is 11.6 Å². The van der Waals surface area contributed by atoms with Gasteiger partial charge in [0.05, 0.1) is 0 Å². The van der Waals surface area contributed by atoms with E-state index < -0.39 is 11.6 Å². The van der Waals surface area contributed by atoms with Gasteiger partial charge in [-0.25, -0.2) is 8.78 Å². The van der Waals surface area contributed by atoms with E-state index in [-0.39, 0.29) is 23.7 Å². The highest BCUT2D eigenvalue weighted by Gasteiger charge is 2.20. The Morgan fingerprint density at radius 1 is 0.960 bits per heavy atom. The van der Waals surface area contributed by atoms with Gasteiger partial charge in [0.25, 0.3) is 5.91 Å². The van der Waals surface area contributed by atoms with E-state index in [0.29, 0.717) is 11.3 Å².